The molecule has 1 amide bonds. The number of nitrogens with zero attached hydrogens (tertiary/aromatic N) is 3. The summed E-state index contributed by atoms with van der Waals surface area (Å²) in [6.07, 6.45) is 5.02. The first-order chi connectivity index (χ1) is 14.3. The highest BCUT2D eigenvalue weighted by atomic mass is 16.4. The molecule has 1 fully saturated rings. The predicted molar refractivity (Wildman–Crippen MR) is 108 cm³/mol. The van der Waals surface area contributed by atoms with Gasteiger partial charge in [-0.1, -0.05) is 18.2 Å². The van der Waals surface area contributed by atoms with E-state index < -0.39 is 0 Å². The number of rotatable bonds is 5. The predicted octanol–water partition coefficient (Wildman–Crippen LogP) is 3.77. The van der Waals surface area contributed by atoms with Crippen LogP contribution in [0.3, 0.4) is 0 Å². The molecule has 1 saturated heterocycles. The monoisotopic (exact) mass is 388 g/mol. The average Bonchev–Trinajstić information content (AvgIpc) is 3.51. The van der Waals surface area contributed by atoms with E-state index in [0.29, 0.717) is 18.3 Å². The van der Waals surface area contributed by atoms with Crippen LogP contribution >= 0.6 is 0 Å². The lowest BCUT2D eigenvalue weighted by molar-refractivity contribution is -0.122. The maximum atomic E-state index is 12.9. The van der Waals surface area contributed by atoms with Gasteiger partial charge in [-0.25, -0.2) is 0 Å². The topological polar surface area (TPSA) is 84.4 Å². The Morgan fingerprint density at radius 3 is 2.97 bits per heavy atom. The summed E-state index contributed by atoms with van der Waals surface area (Å²) in [5.41, 5.74) is 3.17. The van der Waals surface area contributed by atoms with Gasteiger partial charge in [0.1, 0.15) is 17.3 Å². The highest BCUT2D eigenvalue weighted by Gasteiger charge is 2.33. The van der Waals surface area contributed by atoms with E-state index in [1.807, 2.05) is 53.4 Å². The van der Waals surface area contributed by atoms with Gasteiger partial charge in [-0.15, -0.1) is 0 Å². The van der Waals surface area contributed by atoms with Crippen molar-refractivity contribution in [2.45, 2.75) is 25.4 Å². The van der Waals surface area contributed by atoms with E-state index in [9.17, 15) is 4.79 Å². The maximum absolute atomic E-state index is 12.9. The fourth-order valence-electron chi connectivity index (χ4n) is 3.77. The largest absolute Gasteiger partial charge is 0.463 e. The van der Waals surface area contributed by atoms with Gasteiger partial charge >= 0.3 is 0 Å². The molecule has 4 heterocycles. The molecule has 7 heteroatoms. The Kier molecular flexibility index (Phi) is 4.48. The number of benzene rings is 1. The lowest BCUT2D eigenvalue weighted by atomic mass is 10.1. The number of fused-ring (bicyclic) bond motifs is 1. The number of para-hydroxylation sites is 2. The third-order valence-corrected chi connectivity index (χ3v) is 5.18. The van der Waals surface area contributed by atoms with Crippen molar-refractivity contribution >= 4 is 23.0 Å². The Labute approximate surface area is 167 Å². The van der Waals surface area contributed by atoms with Crippen molar-refractivity contribution in [2.75, 3.05) is 11.4 Å². The molecule has 0 unspecified atom stereocenters. The van der Waals surface area contributed by atoms with E-state index in [4.69, 9.17) is 8.83 Å². The van der Waals surface area contributed by atoms with E-state index in [1.54, 1.807) is 12.5 Å². The maximum Gasteiger partial charge on any atom is 0.299 e. The van der Waals surface area contributed by atoms with Crippen LogP contribution < -0.4 is 10.2 Å². The Bertz CT molecular complexity index is 1100. The quantitative estimate of drug-likeness (QED) is 0.560. The number of carbonyl (C=O) groups excluding carboxylic acids is 1. The number of oxazole rings is 1. The van der Waals surface area contributed by atoms with E-state index >= 15 is 0 Å². The Balaban J connectivity index is 1.32. The zero-order chi connectivity index (χ0) is 19.6. The molecule has 29 heavy (non-hydrogen) atoms. The van der Waals surface area contributed by atoms with Crippen LogP contribution in [0.25, 0.3) is 22.6 Å². The van der Waals surface area contributed by atoms with Crippen LogP contribution in [0.15, 0.2) is 69.8 Å². The molecule has 0 aliphatic carbocycles. The number of carbonyl (C=O) groups is 1. The first kappa shape index (κ1) is 17.5. The lowest BCUT2D eigenvalue weighted by Gasteiger charge is -2.22. The van der Waals surface area contributed by atoms with Crippen LogP contribution in [0.5, 0.6) is 0 Å². The Morgan fingerprint density at radius 1 is 1.17 bits per heavy atom. The molecule has 4 aromatic rings. The number of pyridine rings is 1. The molecule has 7 nitrogen and oxygen atoms in total. The van der Waals surface area contributed by atoms with Crippen molar-refractivity contribution in [1.82, 2.24) is 15.3 Å². The molecule has 3 aromatic heterocycles. The molecule has 5 rings (SSSR count). The second-order valence-corrected chi connectivity index (χ2v) is 7.02. The number of nitrogens with one attached hydrogen (secondary N) is 1. The van der Waals surface area contributed by atoms with Gasteiger partial charge in [0.2, 0.25) is 5.91 Å². The minimum atomic E-state index is -0.299. The van der Waals surface area contributed by atoms with Crippen molar-refractivity contribution in [3.05, 3.63) is 66.6 Å². The van der Waals surface area contributed by atoms with Crippen molar-refractivity contribution < 1.29 is 13.6 Å². The van der Waals surface area contributed by atoms with Crippen LogP contribution in [-0.2, 0) is 11.3 Å². The summed E-state index contributed by atoms with van der Waals surface area (Å²) >= 11 is 0. The summed E-state index contributed by atoms with van der Waals surface area (Å²) in [5, 5.41) is 3.05. The van der Waals surface area contributed by atoms with Gasteiger partial charge in [0.15, 0.2) is 11.3 Å². The first-order valence-corrected chi connectivity index (χ1v) is 9.67. The van der Waals surface area contributed by atoms with Gasteiger partial charge < -0.3 is 19.1 Å². The molecule has 1 aliphatic rings. The summed E-state index contributed by atoms with van der Waals surface area (Å²) in [5.74, 6) is 0.642. The molecular weight excluding hydrogens is 368 g/mol. The number of anilines is 1. The van der Waals surface area contributed by atoms with Crippen molar-refractivity contribution in [3.8, 4) is 11.5 Å². The van der Waals surface area contributed by atoms with Crippen LogP contribution in [0.2, 0.25) is 0 Å². The van der Waals surface area contributed by atoms with Crippen molar-refractivity contribution in [1.29, 1.82) is 0 Å². The van der Waals surface area contributed by atoms with Gasteiger partial charge in [0.05, 0.1) is 6.26 Å². The van der Waals surface area contributed by atoms with E-state index in [2.05, 4.69) is 15.3 Å². The molecule has 0 spiro atoms. The highest BCUT2D eigenvalue weighted by Crippen LogP contribution is 2.28. The van der Waals surface area contributed by atoms with Gasteiger partial charge in [0.25, 0.3) is 6.01 Å². The van der Waals surface area contributed by atoms with Gasteiger partial charge in [-0.2, -0.15) is 4.98 Å². The number of furan rings is 1. The molecular formula is C22H20N4O3. The van der Waals surface area contributed by atoms with Crippen molar-refractivity contribution in [2.24, 2.45) is 0 Å². The van der Waals surface area contributed by atoms with Gasteiger partial charge in [-0.3, -0.25) is 9.78 Å². The number of amides is 1. The summed E-state index contributed by atoms with van der Waals surface area (Å²) < 4.78 is 11.3. The zero-order valence-electron chi connectivity index (χ0n) is 15.7. The molecule has 1 atom stereocenters. The molecule has 0 radical (unpaired) electrons. The summed E-state index contributed by atoms with van der Waals surface area (Å²) in [6, 6.07) is 15.3. The van der Waals surface area contributed by atoms with Crippen molar-refractivity contribution in [3.63, 3.8) is 0 Å². The SMILES string of the molecule is O=C(NCc1cccnc1-c1ccco1)[C@@H]1CCCN1c1nc2ccccc2o1. The molecule has 0 saturated carbocycles. The minimum Gasteiger partial charge on any atom is -0.463 e. The van der Waals surface area contributed by atoms with E-state index in [-0.39, 0.29) is 11.9 Å². The minimum absolute atomic E-state index is 0.0426. The van der Waals surface area contributed by atoms with Crippen LogP contribution in [0.1, 0.15) is 18.4 Å². The van der Waals surface area contributed by atoms with Crippen LogP contribution in [-0.4, -0.2) is 28.5 Å². The highest BCUT2D eigenvalue weighted by molar-refractivity contribution is 5.86. The molecule has 0 bridgehead atoms. The van der Waals surface area contributed by atoms with Crippen LogP contribution in [0.4, 0.5) is 6.01 Å². The first-order valence-electron chi connectivity index (χ1n) is 9.67. The summed E-state index contributed by atoms with van der Waals surface area (Å²) in [4.78, 5) is 23.9. The third kappa shape index (κ3) is 3.35. The zero-order valence-corrected chi connectivity index (χ0v) is 15.7. The lowest BCUT2D eigenvalue weighted by Crippen LogP contribution is -2.43. The van der Waals surface area contributed by atoms with Gasteiger partial charge in [-0.05, 0) is 43.2 Å². The van der Waals surface area contributed by atoms with Gasteiger partial charge in [0, 0.05) is 24.8 Å². The fraction of sp³-hybridized carbons (Fsp3) is 0.227. The Hall–Kier alpha value is -3.61. The fourth-order valence-corrected chi connectivity index (χ4v) is 3.77. The molecule has 146 valence electrons. The normalized spacial score (nSPS) is 16.4. The number of hydrogen-bond acceptors (Lipinski definition) is 6. The number of hydrogen-bond donors (Lipinski definition) is 1. The third-order valence-electron chi connectivity index (χ3n) is 5.18. The molecule has 1 aliphatic heterocycles. The number of aromatic nitrogens is 2. The Morgan fingerprint density at radius 2 is 2.10 bits per heavy atom. The molecule has 1 N–H and O–H groups in total. The smallest absolute Gasteiger partial charge is 0.299 e. The summed E-state index contributed by atoms with van der Waals surface area (Å²) in [6.45, 7) is 1.12. The molecule has 1 aromatic carbocycles. The second-order valence-electron chi connectivity index (χ2n) is 7.02. The van der Waals surface area contributed by atoms with Crippen LogP contribution in [0, 0.1) is 0 Å². The summed E-state index contributed by atoms with van der Waals surface area (Å²) in [7, 11) is 0. The second kappa shape index (κ2) is 7.43. The van der Waals surface area contributed by atoms with E-state index in [0.717, 1.165) is 41.7 Å². The standard InChI is InChI=1S/C22H20N4O3/c27-21(24-14-15-6-3-11-23-20(15)19-10-5-13-28-19)17-8-4-12-26(17)22-25-16-7-1-2-9-18(16)29-22/h1-3,5-7,9-11,13,17H,4,8,12,14H2,(H,24,27)/t17-/m0/s1. The van der Waals surface area contributed by atoms with E-state index in [1.165, 1.54) is 0 Å². The average molecular weight is 388 g/mol.